The molecule has 4 heteroatoms. The molecule has 2 atom stereocenters. The van der Waals surface area contributed by atoms with Gasteiger partial charge >= 0.3 is 0 Å². The van der Waals surface area contributed by atoms with Crippen molar-refractivity contribution in [3.63, 3.8) is 0 Å². The van der Waals surface area contributed by atoms with Gasteiger partial charge in [0.15, 0.2) is 5.72 Å². The summed E-state index contributed by atoms with van der Waals surface area (Å²) in [5.74, 6) is 1.26. The van der Waals surface area contributed by atoms with E-state index in [1.54, 1.807) is 0 Å². The molecule has 0 saturated heterocycles. The molecular formula is C24H34N2O2. The van der Waals surface area contributed by atoms with E-state index in [0.717, 1.165) is 30.7 Å². The first-order chi connectivity index (χ1) is 13.0. The monoisotopic (exact) mass is 382 g/mol. The van der Waals surface area contributed by atoms with E-state index in [-0.39, 0.29) is 23.3 Å². The lowest BCUT2D eigenvalue weighted by Gasteiger charge is -2.26. The predicted molar refractivity (Wildman–Crippen MR) is 113 cm³/mol. The molecule has 1 aliphatic carbocycles. The Kier molecular flexibility index (Phi) is 5.60. The van der Waals surface area contributed by atoms with Gasteiger partial charge in [0.05, 0.1) is 5.70 Å². The molecule has 2 N–H and O–H groups in total. The molecule has 2 unspecified atom stereocenters. The van der Waals surface area contributed by atoms with Crippen LogP contribution < -0.4 is 10.6 Å². The second-order valence-corrected chi connectivity index (χ2v) is 9.73. The molecule has 0 spiro atoms. The average Bonchev–Trinajstić information content (AvgIpc) is 3.06. The highest BCUT2D eigenvalue weighted by Gasteiger charge is 2.38. The molecule has 152 valence electrons. The van der Waals surface area contributed by atoms with E-state index in [0.29, 0.717) is 0 Å². The molecule has 0 fully saturated rings. The fourth-order valence-electron chi connectivity index (χ4n) is 4.15. The van der Waals surface area contributed by atoms with Crippen molar-refractivity contribution in [2.45, 2.75) is 72.1 Å². The van der Waals surface area contributed by atoms with Crippen molar-refractivity contribution in [3.05, 3.63) is 59.0 Å². The maximum Gasteiger partial charge on any atom is 0.224 e. The van der Waals surface area contributed by atoms with E-state index >= 15 is 0 Å². The molecule has 1 aliphatic heterocycles. The van der Waals surface area contributed by atoms with Crippen LogP contribution in [-0.2, 0) is 16.0 Å². The summed E-state index contributed by atoms with van der Waals surface area (Å²) in [4.78, 5) is 12.9. The number of hydrogen-bond donors (Lipinski definition) is 2. The third kappa shape index (κ3) is 5.18. The van der Waals surface area contributed by atoms with E-state index < -0.39 is 5.72 Å². The smallest absolute Gasteiger partial charge is 0.224 e. The van der Waals surface area contributed by atoms with Crippen molar-refractivity contribution in [1.82, 2.24) is 10.6 Å². The second-order valence-electron chi connectivity index (χ2n) is 9.73. The van der Waals surface area contributed by atoms with Gasteiger partial charge in [0.1, 0.15) is 5.76 Å². The van der Waals surface area contributed by atoms with Gasteiger partial charge in [-0.3, -0.25) is 4.79 Å². The fourth-order valence-corrected chi connectivity index (χ4v) is 4.15. The Morgan fingerprint density at radius 1 is 1.25 bits per heavy atom. The number of nitrogens with one attached hydrogen (secondary N) is 2. The molecule has 2 aliphatic rings. The molecule has 1 aromatic carbocycles. The minimum absolute atomic E-state index is 0.0305. The van der Waals surface area contributed by atoms with Gasteiger partial charge in [-0.25, -0.2) is 0 Å². The predicted octanol–water partition coefficient (Wildman–Crippen LogP) is 4.68. The van der Waals surface area contributed by atoms with Crippen molar-refractivity contribution in [2.75, 3.05) is 0 Å². The van der Waals surface area contributed by atoms with Crippen LogP contribution in [0.5, 0.6) is 0 Å². The van der Waals surface area contributed by atoms with Crippen LogP contribution in [0.1, 0.15) is 59.9 Å². The van der Waals surface area contributed by atoms with E-state index in [2.05, 4.69) is 47.9 Å². The zero-order chi connectivity index (χ0) is 20.5. The van der Waals surface area contributed by atoms with Crippen molar-refractivity contribution in [2.24, 2.45) is 11.8 Å². The minimum Gasteiger partial charge on any atom is -0.471 e. The lowest BCUT2D eigenvalue weighted by atomic mass is 9.89. The molecular weight excluding hydrogens is 348 g/mol. The number of benzene rings is 1. The third-order valence-corrected chi connectivity index (χ3v) is 5.20. The Morgan fingerprint density at radius 2 is 1.93 bits per heavy atom. The van der Waals surface area contributed by atoms with Crippen molar-refractivity contribution < 1.29 is 9.53 Å². The van der Waals surface area contributed by atoms with Gasteiger partial charge in [-0.2, -0.15) is 0 Å². The number of rotatable bonds is 5. The van der Waals surface area contributed by atoms with Crippen LogP contribution in [-0.4, -0.2) is 17.2 Å². The molecule has 0 radical (unpaired) electrons. The van der Waals surface area contributed by atoms with Crippen molar-refractivity contribution in [1.29, 1.82) is 0 Å². The van der Waals surface area contributed by atoms with Gasteiger partial charge in [-0.05, 0) is 59.4 Å². The van der Waals surface area contributed by atoms with E-state index in [1.165, 1.54) is 11.1 Å². The van der Waals surface area contributed by atoms with E-state index in [9.17, 15) is 4.79 Å². The number of ether oxygens (including phenoxy) is 1. The largest absolute Gasteiger partial charge is 0.471 e. The average molecular weight is 383 g/mol. The molecule has 0 saturated carbocycles. The van der Waals surface area contributed by atoms with Gasteiger partial charge in [0.25, 0.3) is 0 Å². The minimum atomic E-state index is -0.417. The molecule has 28 heavy (non-hydrogen) atoms. The topological polar surface area (TPSA) is 50.4 Å². The van der Waals surface area contributed by atoms with Crippen LogP contribution in [0.3, 0.4) is 0 Å². The first kappa shape index (κ1) is 20.5. The Morgan fingerprint density at radius 3 is 2.57 bits per heavy atom. The molecule has 0 aromatic heterocycles. The van der Waals surface area contributed by atoms with Crippen LogP contribution in [0.25, 0.3) is 0 Å². The van der Waals surface area contributed by atoms with Crippen LogP contribution in [0.4, 0.5) is 0 Å². The summed E-state index contributed by atoms with van der Waals surface area (Å²) in [5.41, 5.74) is 3.03. The van der Waals surface area contributed by atoms with Crippen LogP contribution in [0, 0.1) is 11.8 Å². The molecule has 1 aromatic rings. The molecule has 4 nitrogen and oxygen atoms in total. The summed E-state index contributed by atoms with van der Waals surface area (Å²) < 4.78 is 6.27. The normalized spacial score (nSPS) is 23.9. The SMILES string of the molecule is CC1=CC(CC2=C(Cc3ccccc3)NC(C)(C)O2)C(C(=O)NC(C)(C)C)C1. The van der Waals surface area contributed by atoms with Crippen molar-refractivity contribution >= 4 is 5.91 Å². The van der Waals surface area contributed by atoms with Gasteiger partial charge < -0.3 is 15.4 Å². The maximum absolute atomic E-state index is 12.9. The number of hydrogen-bond acceptors (Lipinski definition) is 3. The number of carbonyl (C=O) groups is 1. The van der Waals surface area contributed by atoms with Gasteiger partial charge in [0, 0.05) is 24.3 Å². The Bertz CT molecular complexity index is 785. The summed E-state index contributed by atoms with van der Waals surface area (Å²) in [7, 11) is 0. The zero-order valence-corrected chi connectivity index (χ0v) is 18.1. The van der Waals surface area contributed by atoms with E-state index in [1.807, 2.05) is 40.7 Å². The fraction of sp³-hybridized carbons (Fsp3) is 0.542. The molecule has 0 bridgehead atoms. The Labute approximate surface area is 169 Å². The number of amides is 1. The third-order valence-electron chi connectivity index (χ3n) is 5.20. The van der Waals surface area contributed by atoms with Crippen LogP contribution in [0.15, 0.2) is 53.4 Å². The summed E-state index contributed by atoms with van der Waals surface area (Å²) in [6, 6.07) is 10.4. The highest BCUT2D eigenvalue weighted by molar-refractivity contribution is 5.80. The quantitative estimate of drug-likeness (QED) is 0.727. The summed E-state index contributed by atoms with van der Waals surface area (Å²) in [6.45, 7) is 12.3. The summed E-state index contributed by atoms with van der Waals surface area (Å²) in [6.07, 6.45) is 4.64. The number of allylic oxidation sites excluding steroid dienone is 4. The lowest BCUT2D eigenvalue weighted by molar-refractivity contribution is -0.127. The van der Waals surface area contributed by atoms with Crippen LogP contribution in [0.2, 0.25) is 0 Å². The maximum atomic E-state index is 12.9. The number of carbonyl (C=O) groups excluding carboxylic acids is 1. The Hall–Kier alpha value is -2.23. The Balaban J connectivity index is 1.79. The zero-order valence-electron chi connectivity index (χ0n) is 18.1. The molecule has 1 heterocycles. The van der Waals surface area contributed by atoms with Crippen LogP contribution >= 0.6 is 0 Å². The first-order valence-electron chi connectivity index (χ1n) is 10.2. The highest BCUT2D eigenvalue weighted by atomic mass is 16.5. The van der Waals surface area contributed by atoms with E-state index in [4.69, 9.17) is 4.74 Å². The van der Waals surface area contributed by atoms with Gasteiger partial charge in [-0.1, -0.05) is 42.0 Å². The molecule has 3 rings (SSSR count). The lowest BCUT2D eigenvalue weighted by Crippen LogP contribution is -2.44. The second kappa shape index (κ2) is 7.65. The summed E-state index contributed by atoms with van der Waals surface area (Å²) >= 11 is 0. The standard InChI is InChI=1S/C24H34N2O2/c1-16-12-18(19(13-16)22(27)26-23(2,3)4)15-21-20(25-24(5,6)28-21)14-17-10-8-7-9-11-17/h7-12,18-19,25H,13-15H2,1-6H3,(H,26,27). The van der Waals surface area contributed by atoms with Crippen molar-refractivity contribution in [3.8, 4) is 0 Å². The van der Waals surface area contributed by atoms with Gasteiger partial charge in [-0.15, -0.1) is 0 Å². The molecule has 1 amide bonds. The highest BCUT2D eigenvalue weighted by Crippen LogP contribution is 2.39. The summed E-state index contributed by atoms with van der Waals surface area (Å²) in [5, 5.41) is 6.69. The first-order valence-corrected chi connectivity index (χ1v) is 10.2. The van der Waals surface area contributed by atoms with Gasteiger partial charge in [0.2, 0.25) is 5.91 Å².